The summed E-state index contributed by atoms with van der Waals surface area (Å²) >= 11 is -1.28. The van der Waals surface area contributed by atoms with Crippen molar-refractivity contribution in [3.63, 3.8) is 0 Å². The lowest BCUT2D eigenvalue weighted by atomic mass is 9.85. The normalized spacial score (nSPS) is 20.2. The zero-order valence-electron chi connectivity index (χ0n) is 26.8. The SMILES string of the molecule is CN=C(C=C(N)C(C)(C)C)NC(=O)NC1CCC(Oc2ccc(=N)n(C(=N)N3CCC(COS(C)=O)CC3)c2)c2ccccc21. The van der Waals surface area contributed by atoms with Gasteiger partial charge >= 0.3 is 6.03 Å². The van der Waals surface area contributed by atoms with Gasteiger partial charge in [-0.25, -0.2) is 9.00 Å². The summed E-state index contributed by atoms with van der Waals surface area (Å²) < 4.78 is 24.5. The number of amidine groups is 1. The molecular formula is C32H46N8O4S. The molecule has 12 nitrogen and oxygen atoms in total. The van der Waals surface area contributed by atoms with Crippen molar-refractivity contribution in [2.45, 2.75) is 58.6 Å². The zero-order chi connectivity index (χ0) is 32.7. The van der Waals surface area contributed by atoms with Crippen molar-refractivity contribution in [2.75, 3.05) is 33.0 Å². The molecule has 0 bridgehead atoms. The topological polar surface area (TPSA) is 171 Å². The van der Waals surface area contributed by atoms with Gasteiger partial charge in [-0.2, -0.15) is 0 Å². The average Bonchev–Trinajstić information content (AvgIpc) is 3.01. The summed E-state index contributed by atoms with van der Waals surface area (Å²) in [5, 5.41) is 23.2. The number of amides is 2. The number of carbonyl (C=O) groups is 1. The van der Waals surface area contributed by atoms with Crippen molar-refractivity contribution < 1.29 is 17.9 Å². The Morgan fingerprint density at radius 3 is 2.47 bits per heavy atom. The number of ether oxygens (including phenoxy) is 1. The predicted octanol–water partition coefficient (Wildman–Crippen LogP) is 3.94. The number of fused-ring (bicyclic) bond motifs is 1. The number of carbonyl (C=O) groups excluding carboxylic acids is 1. The van der Waals surface area contributed by atoms with Gasteiger partial charge in [0.25, 0.3) is 0 Å². The maximum Gasteiger partial charge on any atom is 0.320 e. The van der Waals surface area contributed by atoms with Crippen LogP contribution in [0.1, 0.15) is 69.7 Å². The van der Waals surface area contributed by atoms with Crippen LogP contribution in [0.4, 0.5) is 4.79 Å². The molecule has 3 unspecified atom stereocenters. The van der Waals surface area contributed by atoms with Crippen LogP contribution in [0, 0.1) is 22.2 Å². The average molecular weight is 639 g/mol. The van der Waals surface area contributed by atoms with Gasteiger partial charge < -0.3 is 20.7 Å². The van der Waals surface area contributed by atoms with Crippen molar-refractivity contribution in [1.29, 1.82) is 10.8 Å². The molecule has 1 aliphatic heterocycles. The summed E-state index contributed by atoms with van der Waals surface area (Å²) in [5.41, 5.74) is 8.68. The van der Waals surface area contributed by atoms with E-state index in [0.29, 0.717) is 55.7 Å². The molecule has 6 N–H and O–H groups in total. The number of aliphatic imine (C=N–C) groups is 1. The molecule has 2 amide bonds. The van der Waals surface area contributed by atoms with Gasteiger partial charge in [-0.3, -0.25) is 29.9 Å². The number of rotatable bonds is 7. The first-order valence-electron chi connectivity index (χ1n) is 15.2. The third kappa shape index (κ3) is 9.04. The highest BCUT2D eigenvalue weighted by atomic mass is 32.2. The van der Waals surface area contributed by atoms with E-state index in [0.717, 1.165) is 24.0 Å². The van der Waals surface area contributed by atoms with Crippen molar-refractivity contribution in [3.05, 3.63) is 71.0 Å². The molecule has 1 saturated heterocycles. The first-order valence-corrected chi connectivity index (χ1v) is 16.7. The molecule has 2 aromatic rings. The lowest BCUT2D eigenvalue weighted by molar-refractivity contribution is 0.170. The highest BCUT2D eigenvalue weighted by Gasteiger charge is 2.30. The molecule has 244 valence electrons. The van der Waals surface area contributed by atoms with Crippen LogP contribution in [0.15, 0.2) is 59.4 Å². The molecule has 2 heterocycles. The molecule has 0 spiro atoms. The second-order valence-corrected chi connectivity index (χ2v) is 13.5. The number of hydrogen-bond acceptors (Lipinski definition) is 8. The number of piperidine rings is 1. The second-order valence-electron chi connectivity index (χ2n) is 12.5. The fraction of sp³-hybridized carbons (Fsp3) is 0.500. The summed E-state index contributed by atoms with van der Waals surface area (Å²) in [4.78, 5) is 19.1. The Morgan fingerprint density at radius 1 is 1.13 bits per heavy atom. The van der Waals surface area contributed by atoms with Crippen molar-refractivity contribution in [1.82, 2.24) is 20.1 Å². The molecule has 1 fully saturated rings. The molecule has 1 aliphatic carbocycles. The number of nitrogens with one attached hydrogen (secondary N) is 4. The van der Waals surface area contributed by atoms with Gasteiger partial charge in [0.2, 0.25) is 5.96 Å². The van der Waals surface area contributed by atoms with E-state index >= 15 is 0 Å². The van der Waals surface area contributed by atoms with Gasteiger partial charge in [0, 0.05) is 37.5 Å². The minimum absolute atomic E-state index is 0.188. The van der Waals surface area contributed by atoms with E-state index in [1.807, 2.05) is 49.9 Å². The van der Waals surface area contributed by atoms with Gasteiger partial charge in [0.05, 0.1) is 18.8 Å². The van der Waals surface area contributed by atoms with Crippen molar-refractivity contribution >= 4 is 28.9 Å². The van der Waals surface area contributed by atoms with E-state index in [2.05, 4.69) is 15.6 Å². The van der Waals surface area contributed by atoms with Crippen LogP contribution in [0.25, 0.3) is 0 Å². The number of nitrogens with zero attached hydrogens (tertiary/aromatic N) is 3. The zero-order valence-corrected chi connectivity index (χ0v) is 27.6. The second kappa shape index (κ2) is 14.9. The Labute approximate surface area is 267 Å². The number of aromatic nitrogens is 1. The Morgan fingerprint density at radius 2 is 1.82 bits per heavy atom. The van der Waals surface area contributed by atoms with Gasteiger partial charge in [0.15, 0.2) is 11.1 Å². The van der Waals surface area contributed by atoms with E-state index in [4.69, 9.17) is 25.5 Å². The molecule has 13 heteroatoms. The fourth-order valence-electron chi connectivity index (χ4n) is 5.40. The molecule has 1 aromatic heterocycles. The van der Waals surface area contributed by atoms with Crippen LogP contribution in [-0.2, 0) is 15.3 Å². The molecule has 4 rings (SSSR count). The van der Waals surface area contributed by atoms with Crippen molar-refractivity contribution in [3.8, 4) is 5.75 Å². The number of benzene rings is 1. The first-order chi connectivity index (χ1) is 21.3. The minimum atomic E-state index is -1.28. The van der Waals surface area contributed by atoms with Crippen LogP contribution in [0.3, 0.4) is 0 Å². The lowest BCUT2D eigenvalue weighted by Crippen LogP contribution is -2.45. The highest BCUT2D eigenvalue weighted by molar-refractivity contribution is 7.79. The van der Waals surface area contributed by atoms with E-state index in [9.17, 15) is 9.00 Å². The molecular weight excluding hydrogens is 592 g/mol. The standard InChI is InChI=1S/C32H46N8O4S/c1-32(2,3)27(33)18-29(36-4)38-31(41)37-25-11-12-26(24-9-7-6-8-23(24)25)44-22-10-13-28(34)40(19-22)30(35)39-16-14-21(15-17-39)20-43-45(5)42/h6-10,13,18-19,21,25-26,34-35H,11-12,14-17,20,33H2,1-5H3,(H2,36,37,38,41). The van der Waals surface area contributed by atoms with Gasteiger partial charge in [-0.15, -0.1) is 0 Å². The smallest absolute Gasteiger partial charge is 0.320 e. The van der Waals surface area contributed by atoms with E-state index in [1.165, 1.54) is 10.8 Å². The molecule has 2 aliphatic rings. The number of likely N-dealkylation sites (tertiary alicyclic amines) is 1. The molecule has 0 radical (unpaired) electrons. The minimum Gasteiger partial charge on any atom is -0.484 e. The largest absolute Gasteiger partial charge is 0.484 e. The fourth-order valence-corrected chi connectivity index (χ4v) is 5.78. The van der Waals surface area contributed by atoms with Gasteiger partial charge in [-0.1, -0.05) is 45.0 Å². The predicted molar refractivity (Wildman–Crippen MR) is 176 cm³/mol. The number of nitrogens with two attached hydrogens (primary N) is 1. The number of urea groups is 1. The van der Waals surface area contributed by atoms with E-state index < -0.39 is 11.1 Å². The van der Waals surface area contributed by atoms with Gasteiger partial charge in [-0.05, 0) is 60.9 Å². The third-order valence-electron chi connectivity index (χ3n) is 8.19. The summed E-state index contributed by atoms with van der Waals surface area (Å²) in [6, 6.07) is 10.7. The Bertz CT molecular complexity index is 1520. The Balaban J connectivity index is 1.42. The number of pyridine rings is 1. The van der Waals surface area contributed by atoms with Crippen LogP contribution < -0.4 is 26.6 Å². The summed E-state index contributed by atoms with van der Waals surface area (Å²) in [7, 11) is 1.61. The lowest BCUT2D eigenvalue weighted by Gasteiger charge is -2.34. The maximum absolute atomic E-state index is 13.0. The molecule has 3 atom stereocenters. The molecule has 45 heavy (non-hydrogen) atoms. The van der Waals surface area contributed by atoms with E-state index in [1.54, 1.807) is 31.5 Å². The third-order valence-corrected chi connectivity index (χ3v) is 8.66. The summed E-state index contributed by atoms with van der Waals surface area (Å²) in [5.74, 6) is 1.46. The first kappa shape index (κ1) is 33.9. The maximum atomic E-state index is 13.0. The van der Waals surface area contributed by atoms with Crippen LogP contribution in [0.5, 0.6) is 5.75 Å². The number of hydrogen-bond donors (Lipinski definition) is 5. The number of allylic oxidation sites excluding steroid dienone is 1. The van der Waals surface area contributed by atoms with Crippen LogP contribution in [0.2, 0.25) is 0 Å². The molecule has 1 aromatic carbocycles. The van der Waals surface area contributed by atoms with Gasteiger partial charge in [0.1, 0.15) is 23.2 Å². The quantitative estimate of drug-likeness (QED) is 0.227. The van der Waals surface area contributed by atoms with E-state index in [-0.39, 0.29) is 35.0 Å². The Kier molecular flexibility index (Phi) is 11.2. The summed E-state index contributed by atoms with van der Waals surface area (Å²) in [6.07, 6.45) is 7.60. The summed E-state index contributed by atoms with van der Waals surface area (Å²) in [6.45, 7) is 7.75. The van der Waals surface area contributed by atoms with Crippen LogP contribution in [-0.4, -0.2) is 64.5 Å². The van der Waals surface area contributed by atoms with Crippen molar-refractivity contribution in [2.24, 2.45) is 22.1 Å². The highest BCUT2D eigenvalue weighted by Crippen LogP contribution is 2.38. The molecule has 0 saturated carbocycles. The Hall–Kier alpha value is -3.97. The monoisotopic (exact) mass is 638 g/mol. The van der Waals surface area contributed by atoms with Crippen LogP contribution >= 0.6 is 0 Å².